The van der Waals surface area contributed by atoms with Gasteiger partial charge in [0.05, 0.1) is 18.4 Å². The van der Waals surface area contributed by atoms with Gasteiger partial charge in [0, 0.05) is 13.7 Å². The Morgan fingerprint density at radius 2 is 2.44 bits per heavy atom. The summed E-state index contributed by atoms with van der Waals surface area (Å²) in [4.78, 5) is 12.2. The summed E-state index contributed by atoms with van der Waals surface area (Å²) < 4.78 is 8.47. The van der Waals surface area contributed by atoms with E-state index in [4.69, 9.17) is 4.74 Å². The maximum atomic E-state index is 11.7. The average Bonchev–Trinajstić information content (AvgIpc) is 2.74. The van der Waals surface area contributed by atoms with Crippen molar-refractivity contribution in [3.8, 4) is 0 Å². The third kappa shape index (κ3) is 3.51. The zero-order valence-corrected chi connectivity index (χ0v) is 10.1. The third-order valence-corrected chi connectivity index (χ3v) is 2.72. The lowest BCUT2D eigenvalue weighted by Crippen LogP contribution is -2.34. The molecule has 16 heavy (non-hydrogen) atoms. The maximum Gasteiger partial charge on any atom is 0.265 e. The summed E-state index contributed by atoms with van der Waals surface area (Å²) >= 11 is 1.06. The van der Waals surface area contributed by atoms with Crippen LogP contribution >= 0.6 is 11.5 Å². The van der Waals surface area contributed by atoms with Crippen molar-refractivity contribution in [2.75, 3.05) is 20.3 Å². The summed E-state index contributed by atoms with van der Waals surface area (Å²) in [5.74, 6) is -0.248. The molecule has 1 heterocycles. The molecule has 2 N–H and O–H groups in total. The molecule has 1 aromatic heterocycles. The Hall–Kier alpha value is -1.05. The van der Waals surface area contributed by atoms with E-state index in [-0.39, 0.29) is 19.1 Å². The van der Waals surface area contributed by atoms with Crippen molar-refractivity contribution in [2.24, 2.45) is 0 Å². The van der Waals surface area contributed by atoms with Crippen LogP contribution in [0.1, 0.15) is 22.3 Å². The summed E-state index contributed by atoms with van der Waals surface area (Å²) in [5, 5.41) is 15.8. The van der Waals surface area contributed by atoms with Gasteiger partial charge in [-0.15, -0.1) is 5.10 Å². The van der Waals surface area contributed by atoms with Crippen LogP contribution in [0.5, 0.6) is 0 Å². The summed E-state index contributed by atoms with van der Waals surface area (Å²) in [6.07, 6.45) is -0.0280. The molecule has 0 saturated heterocycles. The van der Waals surface area contributed by atoms with Crippen molar-refractivity contribution in [3.05, 3.63) is 10.6 Å². The molecule has 7 heteroatoms. The number of nitrogens with one attached hydrogen (secondary N) is 1. The Morgan fingerprint density at radius 1 is 1.69 bits per heavy atom. The summed E-state index contributed by atoms with van der Waals surface area (Å²) in [6.45, 7) is 2.27. The van der Waals surface area contributed by atoms with E-state index < -0.39 is 6.10 Å². The fourth-order valence-corrected chi connectivity index (χ4v) is 1.82. The molecular weight excluding hydrogens is 230 g/mol. The van der Waals surface area contributed by atoms with Crippen LogP contribution in [0.4, 0.5) is 0 Å². The number of carbonyl (C=O) groups excluding carboxylic acids is 1. The molecule has 90 valence electrons. The van der Waals surface area contributed by atoms with Crippen LogP contribution in [0, 0.1) is 0 Å². The second kappa shape index (κ2) is 6.51. The molecule has 0 bridgehead atoms. The van der Waals surface area contributed by atoms with Crippen molar-refractivity contribution in [2.45, 2.75) is 19.4 Å². The molecule has 1 rings (SSSR count). The van der Waals surface area contributed by atoms with Gasteiger partial charge in [-0.25, -0.2) is 0 Å². The maximum absolute atomic E-state index is 11.7. The summed E-state index contributed by atoms with van der Waals surface area (Å²) in [5.41, 5.74) is 0.684. The first-order valence-corrected chi connectivity index (χ1v) is 5.72. The topological polar surface area (TPSA) is 84.3 Å². The normalized spacial score (nSPS) is 12.4. The highest BCUT2D eigenvalue weighted by molar-refractivity contribution is 7.08. The highest BCUT2D eigenvalue weighted by atomic mass is 32.1. The minimum atomic E-state index is -0.695. The van der Waals surface area contributed by atoms with Gasteiger partial charge in [-0.05, 0) is 18.0 Å². The van der Waals surface area contributed by atoms with E-state index in [1.165, 1.54) is 7.11 Å². The number of carbonyl (C=O) groups is 1. The van der Waals surface area contributed by atoms with Crippen LogP contribution in [-0.4, -0.2) is 47.0 Å². The number of aromatic nitrogens is 2. The molecule has 1 amide bonds. The van der Waals surface area contributed by atoms with E-state index in [0.717, 1.165) is 11.5 Å². The molecule has 0 aliphatic heterocycles. The van der Waals surface area contributed by atoms with Crippen LogP contribution in [0.2, 0.25) is 0 Å². The number of hydrogen-bond acceptors (Lipinski definition) is 6. The van der Waals surface area contributed by atoms with Gasteiger partial charge in [-0.1, -0.05) is 11.4 Å². The number of aliphatic hydroxyl groups is 1. The van der Waals surface area contributed by atoms with Crippen LogP contribution in [0.25, 0.3) is 0 Å². The monoisotopic (exact) mass is 245 g/mol. The largest absolute Gasteiger partial charge is 0.389 e. The number of methoxy groups -OCH3 is 1. The first kappa shape index (κ1) is 13.0. The first-order valence-electron chi connectivity index (χ1n) is 4.95. The first-order chi connectivity index (χ1) is 7.69. The van der Waals surface area contributed by atoms with Gasteiger partial charge in [0.25, 0.3) is 5.91 Å². The molecule has 0 saturated carbocycles. The van der Waals surface area contributed by atoms with E-state index in [9.17, 15) is 9.90 Å². The minimum Gasteiger partial charge on any atom is -0.389 e. The van der Waals surface area contributed by atoms with Gasteiger partial charge in [0.15, 0.2) is 0 Å². The molecule has 0 radical (unpaired) electrons. The van der Waals surface area contributed by atoms with Gasteiger partial charge in [0.2, 0.25) is 0 Å². The Labute approximate surface area is 97.8 Å². The number of hydrogen-bond donors (Lipinski definition) is 2. The van der Waals surface area contributed by atoms with Crippen LogP contribution in [0.3, 0.4) is 0 Å². The Morgan fingerprint density at radius 3 is 3.06 bits per heavy atom. The Balaban J connectivity index is 2.46. The van der Waals surface area contributed by atoms with E-state index in [0.29, 0.717) is 17.0 Å². The van der Waals surface area contributed by atoms with Gasteiger partial charge in [-0.3, -0.25) is 4.79 Å². The van der Waals surface area contributed by atoms with Crippen LogP contribution in [0.15, 0.2) is 0 Å². The number of aryl methyl sites for hydroxylation is 1. The molecule has 0 aliphatic rings. The Bertz CT molecular complexity index is 342. The zero-order chi connectivity index (χ0) is 12.0. The van der Waals surface area contributed by atoms with Crippen molar-refractivity contribution in [1.82, 2.24) is 14.9 Å². The van der Waals surface area contributed by atoms with E-state index in [2.05, 4.69) is 14.9 Å². The van der Waals surface area contributed by atoms with E-state index in [1.807, 2.05) is 6.92 Å². The van der Waals surface area contributed by atoms with Gasteiger partial charge >= 0.3 is 0 Å². The van der Waals surface area contributed by atoms with E-state index >= 15 is 0 Å². The number of aliphatic hydroxyl groups excluding tert-OH is 1. The minimum absolute atomic E-state index is 0.160. The molecule has 0 aliphatic carbocycles. The zero-order valence-electron chi connectivity index (χ0n) is 9.27. The standard InChI is InChI=1S/C9H15N3O3S/c1-3-7-8(16-12-11-7)9(14)10-4-6(13)5-15-2/h6,13H,3-5H2,1-2H3,(H,10,14). The molecule has 1 unspecified atom stereocenters. The molecule has 0 spiro atoms. The highest BCUT2D eigenvalue weighted by Gasteiger charge is 2.15. The third-order valence-electron chi connectivity index (χ3n) is 1.95. The van der Waals surface area contributed by atoms with Gasteiger partial charge in [0.1, 0.15) is 4.88 Å². The SMILES string of the molecule is CCc1nnsc1C(=O)NCC(O)COC. The molecule has 6 nitrogen and oxygen atoms in total. The van der Waals surface area contributed by atoms with Crippen molar-refractivity contribution in [1.29, 1.82) is 0 Å². The Kier molecular flexibility index (Phi) is 5.30. The van der Waals surface area contributed by atoms with E-state index in [1.54, 1.807) is 0 Å². The summed E-state index contributed by atoms with van der Waals surface area (Å²) in [6, 6.07) is 0. The predicted molar refractivity (Wildman–Crippen MR) is 59.5 cm³/mol. The number of nitrogens with zero attached hydrogens (tertiary/aromatic N) is 2. The van der Waals surface area contributed by atoms with Gasteiger partial charge in [-0.2, -0.15) is 0 Å². The fraction of sp³-hybridized carbons (Fsp3) is 0.667. The second-order valence-electron chi connectivity index (χ2n) is 3.22. The predicted octanol–water partition coefficient (Wildman–Crippen LogP) is -0.162. The summed E-state index contributed by atoms with van der Waals surface area (Å²) in [7, 11) is 1.49. The van der Waals surface area contributed by atoms with Crippen LogP contribution < -0.4 is 5.32 Å². The lowest BCUT2D eigenvalue weighted by Gasteiger charge is -2.09. The van der Waals surface area contributed by atoms with Crippen LogP contribution in [-0.2, 0) is 11.2 Å². The number of rotatable bonds is 6. The average molecular weight is 245 g/mol. The number of amides is 1. The molecule has 0 aromatic carbocycles. The molecule has 1 aromatic rings. The number of ether oxygens (including phenoxy) is 1. The second-order valence-corrected chi connectivity index (χ2v) is 3.98. The van der Waals surface area contributed by atoms with Crippen molar-refractivity contribution in [3.63, 3.8) is 0 Å². The lowest BCUT2D eigenvalue weighted by molar-refractivity contribution is 0.0610. The molecule has 0 fully saturated rings. The van der Waals surface area contributed by atoms with Crippen molar-refractivity contribution >= 4 is 17.4 Å². The lowest BCUT2D eigenvalue weighted by atomic mass is 10.3. The highest BCUT2D eigenvalue weighted by Crippen LogP contribution is 2.10. The van der Waals surface area contributed by atoms with Crippen molar-refractivity contribution < 1.29 is 14.6 Å². The quantitative estimate of drug-likeness (QED) is 0.727. The molecular formula is C9H15N3O3S. The fourth-order valence-electron chi connectivity index (χ4n) is 1.15. The van der Waals surface area contributed by atoms with Gasteiger partial charge < -0.3 is 15.2 Å². The molecule has 1 atom stereocenters. The smallest absolute Gasteiger partial charge is 0.265 e.